The molecule has 2 aromatic carbocycles. The first-order chi connectivity index (χ1) is 16.8. The van der Waals surface area contributed by atoms with Gasteiger partial charge in [-0.1, -0.05) is 22.4 Å². The maximum atomic E-state index is 13.0. The Morgan fingerprint density at radius 2 is 1.11 bits per heavy atom. The molecule has 1 fully saturated rings. The fourth-order valence-corrected chi connectivity index (χ4v) is 5.23. The second-order valence-corrected chi connectivity index (χ2v) is 10.2. The summed E-state index contributed by atoms with van der Waals surface area (Å²) in [5, 5.41) is 6.32. The number of ketones is 3. The third-order valence-corrected chi connectivity index (χ3v) is 7.14. The van der Waals surface area contributed by atoms with Gasteiger partial charge in [0, 0.05) is 32.3 Å². The average Bonchev–Trinajstić information content (AvgIpc) is 3.18. The molecule has 19 heteroatoms. The number of benzene rings is 2. The number of hydrogen-bond donors (Lipinski definition) is 0. The molecule has 38 heavy (non-hydrogen) atoms. The van der Waals surface area contributed by atoms with E-state index in [2.05, 4.69) is 20.1 Å². The Labute approximate surface area is 259 Å². The smallest absolute Gasteiger partial charge is 0.744 e. The summed E-state index contributed by atoms with van der Waals surface area (Å²) in [4.78, 5) is 41.9. The maximum absolute atomic E-state index is 13.0. The second-order valence-electron chi connectivity index (χ2n) is 7.46. The van der Waals surface area contributed by atoms with Crippen LogP contribution in [0.25, 0.3) is 20.9 Å². The SMILES string of the molecule is [N-]=[N+]=Nc1ccc(C(=O)C2CCC(C(=O)c3ccc(N=[N+]=[N-])cc3S(=O)(=O)[O-])C2=O)c(S(=O)(=O)[O-])c1.[Na+].[Na+]. The zero-order valence-corrected chi connectivity index (χ0v) is 25.3. The summed E-state index contributed by atoms with van der Waals surface area (Å²) in [6.07, 6.45) is -0.471. The Bertz CT molecular complexity index is 1510. The molecule has 0 bridgehead atoms. The van der Waals surface area contributed by atoms with E-state index in [-0.39, 0.29) is 83.3 Å². The van der Waals surface area contributed by atoms with E-state index >= 15 is 0 Å². The molecule has 186 valence electrons. The van der Waals surface area contributed by atoms with Crippen molar-refractivity contribution in [3.05, 3.63) is 68.4 Å². The minimum Gasteiger partial charge on any atom is -0.744 e. The van der Waals surface area contributed by atoms with E-state index in [1.54, 1.807) is 0 Å². The van der Waals surface area contributed by atoms with Crippen molar-refractivity contribution in [1.29, 1.82) is 0 Å². The molecule has 15 nitrogen and oxygen atoms in total. The van der Waals surface area contributed by atoms with Gasteiger partial charge in [-0.15, -0.1) is 0 Å². The number of hydrogen-bond acceptors (Lipinski definition) is 11. The topological polar surface area (TPSA) is 263 Å². The molecule has 0 spiro atoms. The number of carbonyl (C=O) groups excluding carboxylic acids is 3. The Kier molecular flexibility index (Phi) is 11.9. The third kappa shape index (κ3) is 7.30. The summed E-state index contributed by atoms with van der Waals surface area (Å²) in [6, 6.07) is 5.26. The number of nitrogens with zero attached hydrogens (tertiary/aromatic N) is 6. The van der Waals surface area contributed by atoms with Crippen molar-refractivity contribution in [2.45, 2.75) is 22.6 Å². The van der Waals surface area contributed by atoms with Gasteiger partial charge in [0.1, 0.15) is 20.2 Å². The zero-order valence-electron chi connectivity index (χ0n) is 19.7. The van der Waals surface area contributed by atoms with Gasteiger partial charge in [-0.2, -0.15) is 0 Å². The van der Waals surface area contributed by atoms with Gasteiger partial charge in [-0.05, 0) is 48.2 Å². The van der Waals surface area contributed by atoms with Gasteiger partial charge in [-0.25, -0.2) is 16.8 Å². The van der Waals surface area contributed by atoms with Crippen LogP contribution in [0.4, 0.5) is 11.4 Å². The van der Waals surface area contributed by atoms with Gasteiger partial charge >= 0.3 is 59.1 Å². The molecule has 2 unspecified atom stereocenters. The molecule has 2 atom stereocenters. The minimum absolute atomic E-state index is 0. The molecule has 0 amide bonds. The number of azide groups is 2. The van der Waals surface area contributed by atoms with Crippen molar-refractivity contribution in [3.8, 4) is 0 Å². The number of rotatable bonds is 8. The van der Waals surface area contributed by atoms with Crippen molar-refractivity contribution in [2.24, 2.45) is 22.1 Å². The first-order valence-corrected chi connectivity index (χ1v) is 12.5. The van der Waals surface area contributed by atoms with Crippen LogP contribution in [-0.4, -0.2) is 43.3 Å². The van der Waals surface area contributed by atoms with Crippen LogP contribution in [-0.2, 0) is 25.0 Å². The van der Waals surface area contributed by atoms with E-state index in [4.69, 9.17) is 11.1 Å². The molecular weight excluding hydrogens is 566 g/mol. The molecular formula is C19H12N6Na2O9S2. The normalized spacial score (nSPS) is 16.7. The van der Waals surface area contributed by atoms with Crippen LogP contribution >= 0.6 is 0 Å². The predicted octanol–water partition coefficient (Wildman–Crippen LogP) is -2.95. The fourth-order valence-electron chi connectivity index (χ4n) is 3.83. The summed E-state index contributed by atoms with van der Waals surface area (Å²) < 4.78 is 70.1. The van der Waals surface area contributed by atoms with Crippen LogP contribution in [0.3, 0.4) is 0 Å². The first-order valence-electron chi connectivity index (χ1n) is 9.72. The van der Waals surface area contributed by atoms with E-state index < -0.39 is 70.3 Å². The summed E-state index contributed by atoms with van der Waals surface area (Å²) in [5.74, 6) is -6.20. The van der Waals surface area contributed by atoms with Crippen molar-refractivity contribution in [1.82, 2.24) is 0 Å². The summed E-state index contributed by atoms with van der Waals surface area (Å²) in [5.41, 5.74) is 15.2. The van der Waals surface area contributed by atoms with Gasteiger partial charge in [0.15, 0.2) is 17.3 Å². The van der Waals surface area contributed by atoms with E-state index in [0.717, 1.165) is 24.3 Å². The van der Waals surface area contributed by atoms with Gasteiger partial charge in [-0.3, -0.25) is 14.4 Å². The molecule has 1 saturated carbocycles. The average molecular weight is 578 g/mol. The van der Waals surface area contributed by atoms with E-state index in [0.29, 0.717) is 12.1 Å². The Morgan fingerprint density at radius 1 is 0.763 bits per heavy atom. The summed E-state index contributed by atoms with van der Waals surface area (Å²) in [6.45, 7) is 0. The van der Waals surface area contributed by atoms with Crippen molar-refractivity contribution in [2.75, 3.05) is 0 Å². The molecule has 0 radical (unpaired) electrons. The Balaban J connectivity index is 0.00000361. The number of Topliss-reactive ketones (excluding diaryl/α,β-unsaturated/α-hetero) is 3. The molecule has 1 aliphatic carbocycles. The largest absolute Gasteiger partial charge is 1.00 e. The van der Waals surface area contributed by atoms with Crippen LogP contribution in [0.2, 0.25) is 0 Å². The molecule has 2 aromatic rings. The molecule has 1 aliphatic rings. The third-order valence-electron chi connectivity index (χ3n) is 5.38. The first kappa shape index (κ1) is 33.9. The van der Waals surface area contributed by atoms with Crippen LogP contribution in [0.5, 0.6) is 0 Å². The quantitative estimate of drug-likeness (QED) is 0.0588. The molecule has 0 saturated heterocycles. The van der Waals surface area contributed by atoms with Gasteiger partial charge in [0.25, 0.3) is 0 Å². The van der Waals surface area contributed by atoms with Crippen LogP contribution < -0.4 is 59.1 Å². The van der Waals surface area contributed by atoms with E-state index in [1.807, 2.05) is 0 Å². The van der Waals surface area contributed by atoms with Gasteiger partial charge in [0.2, 0.25) is 0 Å². The van der Waals surface area contributed by atoms with Crippen molar-refractivity contribution < 1.29 is 99.4 Å². The van der Waals surface area contributed by atoms with Gasteiger partial charge < -0.3 is 9.11 Å². The molecule has 0 aromatic heterocycles. The van der Waals surface area contributed by atoms with Crippen molar-refractivity contribution in [3.63, 3.8) is 0 Å². The van der Waals surface area contributed by atoms with E-state index in [1.165, 1.54) is 0 Å². The standard InChI is InChI=1S/C19H14N6O9S2.2Na/c20-24-22-9-1-3-11(15(7-9)35(29,30)31)17(26)13-5-6-14(19(13)28)18(27)12-4-2-10(23-25-21)8-16(12)36(32,33)34;;/h1-4,7-8,13-14H,5-6H2,(H,29,30,31)(H,32,33,34);;/q;2*+1/p-2. The predicted molar refractivity (Wildman–Crippen MR) is 116 cm³/mol. The van der Waals surface area contributed by atoms with E-state index in [9.17, 15) is 40.3 Å². The second kappa shape index (κ2) is 13.3. The molecule has 0 heterocycles. The summed E-state index contributed by atoms with van der Waals surface area (Å²) in [7, 11) is -10.5. The molecule has 0 N–H and O–H groups in total. The van der Waals surface area contributed by atoms with Crippen LogP contribution in [0, 0.1) is 11.8 Å². The van der Waals surface area contributed by atoms with Gasteiger partial charge in [0.05, 0.1) is 21.6 Å². The summed E-state index contributed by atoms with van der Waals surface area (Å²) >= 11 is 0. The van der Waals surface area contributed by atoms with Crippen LogP contribution in [0.15, 0.2) is 56.4 Å². The van der Waals surface area contributed by atoms with Crippen molar-refractivity contribution >= 4 is 49.0 Å². The fraction of sp³-hybridized carbons (Fsp3) is 0.211. The minimum atomic E-state index is -5.24. The zero-order chi connectivity index (χ0) is 26.8. The maximum Gasteiger partial charge on any atom is 1.00 e. The van der Waals surface area contributed by atoms with Crippen LogP contribution in [0.1, 0.15) is 33.6 Å². The molecule has 3 rings (SSSR count). The Hall–Kier alpha value is -2.11. The monoisotopic (exact) mass is 578 g/mol. The molecule has 0 aliphatic heterocycles. The number of carbonyl (C=O) groups is 3. The Morgan fingerprint density at radius 3 is 1.39 bits per heavy atom.